The summed E-state index contributed by atoms with van der Waals surface area (Å²) in [6.07, 6.45) is 1.49. The molecule has 1 unspecified atom stereocenters. The molecule has 8 nitrogen and oxygen atoms in total. The fourth-order valence-corrected chi connectivity index (χ4v) is 3.70. The Bertz CT molecular complexity index is 844. The van der Waals surface area contributed by atoms with Gasteiger partial charge in [-0.2, -0.15) is 4.98 Å². The fraction of sp³-hybridized carbons (Fsp3) is 0.524. The lowest BCUT2D eigenvalue weighted by molar-refractivity contribution is 0.0398. The van der Waals surface area contributed by atoms with Gasteiger partial charge in [0.1, 0.15) is 5.82 Å². The van der Waals surface area contributed by atoms with Crippen molar-refractivity contribution in [2.45, 2.75) is 20.1 Å². The van der Waals surface area contributed by atoms with Crippen LogP contribution in [-0.4, -0.2) is 67.1 Å². The number of hydrogen-bond donors (Lipinski definition) is 3. The van der Waals surface area contributed by atoms with E-state index < -0.39 is 0 Å². The van der Waals surface area contributed by atoms with Crippen molar-refractivity contribution in [2.75, 3.05) is 66.8 Å². The van der Waals surface area contributed by atoms with Crippen molar-refractivity contribution in [1.29, 1.82) is 0 Å². The Morgan fingerprint density at radius 1 is 1.27 bits per heavy atom. The molecule has 1 atom stereocenters. The van der Waals surface area contributed by atoms with Crippen molar-refractivity contribution in [3.8, 4) is 0 Å². The van der Waals surface area contributed by atoms with Gasteiger partial charge in [-0.3, -0.25) is 4.90 Å². The van der Waals surface area contributed by atoms with E-state index in [0.717, 1.165) is 57.4 Å². The highest BCUT2D eigenvalue weighted by atomic mass is 19.1. The van der Waals surface area contributed by atoms with Crippen molar-refractivity contribution in [3.05, 3.63) is 36.3 Å². The molecule has 2 aromatic rings. The molecular weight excluding hydrogens is 385 g/mol. The molecule has 3 N–H and O–H groups in total. The average molecular weight is 416 g/mol. The molecule has 0 spiro atoms. The van der Waals surface area contributed by atoms with Crippen molar-refractivity contribution in [1.82, 2.24) is 14.9 Å². The molecule has 3 heterocycles. The quantitative estimate of drug-likeness (QED) is 0.608. The zero-order chi connectivity index (χ0) is 20.9. The highest BCUT2D eigenvalue weighted by molar-refractivity contribution is 5.74. The van der Waals surface area contributed by atoms with Crippen LogP contribution in [0.5, 0.6) is 0 Å². The molecule has 4 rings (SSSR count). The van der Waals surface area contributed by atoms with Crippen LogP contribution in [0.4, 0.5) is 27.5 Å². The van der Waals surface area contributed by atoms with Crippen LogP contribution in [0.3, 0.4) is 0 Å². The van der Waals surface area contributed by atoms with Gasteiger partial charge in [0.15, 0.2) is 12.1 Å². The molecule has 1 saturated heterocycles. The fourth-order valence-electron chi connectivity index (χ4n) is 3.70. The molecule has 162 valence electrons. The van der Waals surface area contributed by atoms with Gasteiger partial charge >= 0.3 is 0 Å². The number of para-hydroxylation sites is 1. The predicted molar refractivity (Wildman–Crippen MR) is 117 cm³/mol. The number of fused-ring (bicyclic) bond motifs is 1. The van der Waals surface area contributed by atoms with Gasteiger partial charge < -0.3 is 25.6 Å². The summed E-state index contributed by atoms with van der Waals surface area (Å²) in [7, 11) is 0. The third kappa shape index (κ3) is 4.91. The van der Waals surface area contributed by atoms with Crippen molar-refractivity contribution in [3.63, 3.8) is 0 Å². The Hall–Kier alpha value is -2.65. The molecule has 1 aromatic carbocycles. The molecule has 2 aliphatic heterocycles. The van der Waals surface area contributed by atoms with Crippen LogP contribution >= 0.6 is 0 Å². The largest absolute Gasteiger partial charge is 0.379 e. The van der Waals surface area contributed by atoms with Crippen LogP contribution in [0, 0.1) is 11.7 Å². The second-order valence-corrected chi connectivity index (χ2v) is 8.03. The van der Waals surface area contributed by atoms with E-state index in [9.17, 15) is 4.39 Å². The second-order valence-electron chi connectivity index (χ2n) is 8.03. The smallest absolute Gasteiger partial charge is 0.224 e. The van der Waals surface area contributed by atoms with E-state index in [1.54, 1.807) is 18.3 Å². The monoisotopic (exact) mass is 415 g/mol. The van der Waals surface area contributed by atoms with Crippen LogP contribution in [-0.2, 0) is 4.74 Å². The van der Waals surface area contributed by atoms with Crippen LogP contribution in [0.2, 0.25) is 0 Å². The molecule has 2 aliphatic rings. The van der Waals surface area contributed by atoms with Crippen LogP contribution in [0.1, 0.15) is 13.8 Å². The number of ether oxygens (including phenoxy) is 1. The summed E-state index contributed by atoms with van der Waals surface area (Å²) in [6.45, 7) is 10.3. The number of hydrogen-bond acceptors (Lipinski definition) is 8. The third-order valence-corrected chi connectivity index (χ3v) is 5.19. The lowest BCUT2D eigenvalue weighted by atomic mass is 10.2. The Morgan fingerprint density at radius 2 is 2.07 bits per heavy atom. The summed E-state index contributed by atoms with van der Waals surface area (Å²) in [5, 5.41) is 9.95. The van der Waals surface area contributed by atoms with E-state index in [0.29, 0.717) is 17.6 Å². The maximum atomic E-state index is 14.2. The third-order valence-electron chi connectivity index (χ3n) is 5.19. The van der Waals surface area contributed by atoms with Gasteiger partial charge in [-0.25, -0.2) is 9.37 Å². The van der Waals surface area contributed by atoms with E-state index in [1.807, 2.05) is 6.07 Å². The molecule has 9 heteroatoms. The summed E-state index contributed by atoms with van der Waals surface area (Å²) in [5.41, 5.74) is 1.29. The Kier molecular flexibility index (Phi) is 6.49. The van der Waals surface area contributed by atoms with Gasteiger partial charge in [0.2, 0.25) is 5.95 Å². The first-order chi connectivity index (χ1) is 14.6. The summed E-state index contributed by atoms with van der Waals surface area (Å²) in [4.78, 5) is 13.7. The minimum Gasteiger partial charge on any atom is -0.379 e. The van der Waals surface area contributed by atoms with Crippen LogP contribution in [0.25, 0.3) is 0 Å². The predicted octanol–water partition coefficient (Wildman–Crippen LogP) is 2.64. The zero-order valence-corrected chi connectivity index (χ0v) is 17.6. The summed E-state index contributed by atoms with van der Waals surface area (Å²) >= 11 is 0. The van der Waals surface area contributed by atoms with Gasteiger partial charge in [-0.1, -0.05) is 26.0 Å². The molecule has 1 fully saturated rings. The minimum absolute atomic E-state index is 0.281. The molecule has 0 amide bonds. The van der Waals surface area contributed by atoms with Crippen molar-refractivity contribution < 1.29 is 9.13 Å². The first-order valence-corrected chi connectivity index (χ1v) is 10.6. The topological polar surface area (TPSA) is 77.6 Å². The SMILES string of the molecule is CC(C)CN1c2nc(NCCN3CCOCC3)ncc2NC1Nc1ccccc1F. The zero-order valence-electron chi connectivity index (χ0n) is 17.6. The number of halogens is 1. The molecular formula is C21H30FN7O. The normalized spacial score (nSPS) is 18.9. The first kappa shape index (κ1) is 20.6. The number of anilines is 4. The van der Waals surface area contributed by atoms with Crippen LogP contribution < -0.4 is 20.9 Å². The molecule has 0 bridgehead atoms. The Balaban J connectivity index is 1.44. The molecule has 0 radical (unpaired) electrons. The highest BCUT2D eigenvalue weighted by Gasteiger charge is 2.31. The number of aromatic nitrogens is 2. The van der Waals surface area contributed by atoms with Gasteiger partial charge in [-0.15, -0.1) is 0 Å². The van der Waals surface area contributed by atoms with E-state index in [4.69, 9.17) is 9.72 Å². The summed E-state index contributed by atoms with van der Waals surface area (Å²) in [6, 6.07) is 6.69. The van der Waals surface area contributed by atoms with Crippen molar-refractivity contribution >= 4 is 23.1 Å². The lowest BCUT2D eigenvalue weighted by Crippen LogP contribution is -2.44. The minimum atomic E-state index is -0.294. The van der Waals surface area contributed by atoms with Gasteiger partial charge in [0.05, 0.1) is 30.8 Å². The second kappa shape index (κ2) is 9.44. The number of nitrogens with zero attached hydrogens (tertiary/aromatic N) is 4. The summed E-state index contributed by atoms with van der Waals surface area (Å²) in [5.74, 6) is 1.55. The molecule has 1 aromatic heterocycles. The van der Waals surface area contributed by atoms with E-state index in [2.05, 4.69) is 44.6 Å². The number of nitrogens with one attached hydrogen (secondary N) is 3. The maximum absolute atomic E-state index is 14.2. The van der Waals surface area contributed by atoms with Gasteiger partial charge in [-0.05, 0) is 18.1 Å². The Morgan fingerprint density at radius 3 is 2.83 bits per heavy atom. The van der Waals surface area contributed by atoms with E-state index in [-0.39, 0.29) is 12.1 Å². The Labute approximate surface area is 176 Å². The van der Waals surface area contributed by atoms with Crippen LogP contribution in [0.15, 0.2) is 30.5 Å². The molecule has 0 saturated carbocycles. The average Bonchev–Trinajstić information content (AvgIpc) is 3.06. The van der Waals surface area contributed by atoms with E-state index >= 15 is 0 Å². The lowest BCUT2D eigenvalue weighted by Gasteiger charge is -2.29. The van der Waals surface area contributed by atoms with Gasteiger partial charge in [0, 0.05) is 32.7 Å². The molecule has 0 aliphatic carbocycles. The number of rotatable bonds is 8. The van der Waals surface area contributed by atoms with Gasteiger partial charge in [0.25, 0.3) is 0 Å². The highest BCUT2D eigenvalue weighted by Crippen LogP contribution is 2.34. The van der Waals surface area contributed by atoms with Crippen molar-refractivity contribution in [2.24, 2.45) is 5.92 Å². The molecule has 30 heavy (non-hydrogen) atoms. The number of benzene rings is 1. The first-order valence-electron chi connectivity index (χ1n) is 10.6. The summed E-state index contributed by atoms with van der Waals surface area (Å²) < 4.78 is 19.5. The number of morpholine rings is 1. The standard InChI is InChI=1S/C21H30FN7O/c1-15(2)14-29-19-18(26-21(29)25-17-6-4-3-5-16(17)22)13-24-20(27-19)23-7-8-28-9-11-30-12-10-28/h3-6,13,15,21,25-26H,7-12,14H2,1-2H3,(H,23,24,27). The maximum Gasteiger partial charge on any atom is 0.224 e. The van der Waals surface area contributed by atoms with E-state index in [1.165, 1.54) is 6.07 Å².